The standard InChI is InChI=1S/C20H21N3O4/c1-13-5-4-6-15(9-13)20-23-22-19(27-20)12-21-18(24)11-14-7-8-16(25-2)17(10-14)26-3/h4-10H,11-12H2,1-3H3,(H,21,24). The van der Waals surface area contributed by atoms with Gasteiger partial charge in [0.15, 0.2) is 11.5 Å². The van der Waals surface area contributed by atoms with Crippen molar-refractivity contribution >= 4 is 5.91 Å². The molecule has 0 spiro atoms. The molecule has 0 atom stereocenters. The van der Waals surface area contributed by atoms with Crippen LogP contribution in [-0.2, 0) is 17.8 Å². The molecule has 0 radical (unpaired) electrons. The van der Waals surface area contributed by atoms with Crippen LogP contribution in [-0.4, -0.2) is 30.3 Å². The number of hydrogen-bond donors (Lipinski definition) is 1. The van der Waals surface area contributed by atoms with Gasteiger partial charge < -0.3 is 19.2 Å². The van der Waals surface area contributed by atoms with Gasteiger partial charge in [-0.05, 0) is 36.8 Å². The van der Waals surface area contributed by atoms with Gasteiger partial charge in [-0.25, -0.2) is 0 Å². The highest BCUT2D eigenvalue weighted by molar-refractivity contribution is 5.78. The first kappa shape index (κ1) is 18.4. The Labute approximate surface area is 157 Å². The van der Waals surface area contributed by atoms with Crippen LogP contribution < -0.4 is 14.8 Å². The molecule has 0 aliphatic heterocycles. The van der Waals surface area contributed by atoms with Crippen molar-refractivity contribution in [3.63, 3.8) is 0 Å². The Kier molecular flexibility index (Phi) is 5.71. The molecule has 2 aromatic carbocycles. The summed E-state index contributed by atoms with van der Waals surface area (Å²) in [6.45, 7) is 2.17. The van der Waals surface area contributed by atoms with Gasteiger partial charge in [-0.15, -0.1) is 10.2 Å². The van der Waals surface area contributed by atoms with Crippen molar-refractivity contribution in [3.05, 3.63) is 59.5 Å². The van der Waals surface area contributed by atoms with Crippen molar-refractivity contribution in [2.75, 3.05) is 14.2 Å². The van der Waals surface area contributed by atoms with Crippen molar-refractivity contribution in [1.29, 1.82) is 0 Å². The molecular weight excluding hydrogens is 346 g/mol. The number of aromatic nitrogens is 2. The van der Waals surface area contributed by atoms with E-state index in [4.69, 9.17) is 13.9 Å². The van der Waals surface area contributed by atoms with Crippen molar-refractivity contribution in [2.45, 2.75) is 19.9 Å². The molecule has 7 heteroatoms. The third kappa shape index (κ3) is 4.63. The minimum atomic E-state index is -0.155. The number of nitrogens with one attached hydrogen (secondary N) is 1. The fourth-order valence-electron chi connectivity index (χ4n) is 2.63. The molecule has 3 aromatic rings. The quantitative estimate of drug-likeness (QED) is 0.691. The number of ether oxygens (including phenoxy) is 2. The normalized spacial score (nSPS) is 10.5. The van der Waals surface area contributed by atoms with Crippen molar-refractivity contribution in [2.24, 2.45) is 0 Å². The number of rotatable bonds is 7. The lowest BCUT2D eigenvalue weighted by Crippen LogP contribution is -2.24. The van der Waals surface area contributed by atoms with Gasteiger partial charge in [0.1, 0.15) is 0 Å². The third-order valence-electron chi connectivity index (χ3n) is 3.98. The molecule has 7 nitrogen and oxygen atoms in total. The highest BCUT2D eigenvalue weighted by atomic mass is 16.5. The maximum atomic E-state index is 12.2. The van der Waals surface area contributed by atoms with Crippen LogP contribution in [0.5, 0.6) is 11.5 Å². The van der Waals surface area contributed by atoms with Crippen LogP contribution in [0.4, 0.5) is 0 Å². The average Bonchev–Trinajstić information content (AvgIpc) is 3.15. The van der Waals surface area contributed by atoms with Gasteiger partial charge in [0, 0.05) is 5.56 Å². The number of methoxy groups -OCH3 is 2. The Bertz CT molecular complexity index is 936. The largest absolute Gasteiger partial charge is 0.493 e. The van der Waals surface area contributed by atoms with E-state index in [0.717, 1.165) is 16.7 Å². The number of amides is 1. The topological polar surface area (TPSA) is 86.5 Å². The van der Waals surface area contributed by atoms with Gasteiger partial charge >= 0.3 is 0 Å². The molecule has 1 heterocycles. The van der Waals surface area contributed by atoms with Crippen LogP contribution in [0.2, 0.25) is 0 Å². The summed E-state index contributed by atoms with van der Waals surface area (Å²) in [6, 6.07) is 13.2. The first-order chi connectivity index (χ1) is 13.1. The fourth-order valence-corrected chi connectivity index (χ4v) is 2.63. The number of benzene rings is 2. The Morgan fingerprint density at radius 2 is 1.89 bits per heavy atom. The highest BCUT2D eigenvalue weighted by Crippen LogP contribution is 2.27. The summed E-state index contributed by atoms with van der Waals surface area (Å²) < 4.78 is 16.1. The Morgan fingerprint density at radius 1 is 1.07 bits per heavy atom. The smallest absolute Gasteiger partial charge is 0.247 e. The molecule has 0 saturated heterocycles. The maximum Gasteiger partial charge on any atom is 0.247 e. The summed E-state index contributed by atoms with van der Waals surface area (Å²) in [5.41, 5.74) is 2.78. The van der Waals surface area contributed by atoms with Crippen LogP contribution in [0.1, 0.15) is 17.0 Å². The lowest BCUT2D eigenvalue weighted by Gasteiger charge is -2.09. The predicted molar refractivity (Wildman–Crippen MR) is 99.6 cm³/mol. The first-order valence-electron chi connectivity index (χ1n) is 8.46. The second-order valence-electron chi connectivity index (χ2n) is 6.01. The van der Waals surface area contributed by atoms with E-state index < -0.39 is 0 Å². The first-order valence-corrected chi connectivity index (χ1v) is 8.46. The molecule has 27 heavy (non-hydrogen) atoms. The lowest BCUT2D eigenvalue weighted by molar-refractivity contribution is -0.120. The fraction of sp³-hybridized carbons (Fsp3) is 0.250. The van der Waals surface area contributed by atoms with E-state index >= 15 is 0 Å². The molecule has 140 valence electrons. The average molecular weight is 367 g/mol. The lowest BCUT2D eigenvalue weighted by atomic mass is 10.1. The second kappa shape index (κ2) is 8.35. The van der Waals surface area contributed by atoms with Crippen LogP contribution in [0.3, 0.4) is 0 Å². The molecule has 0 saturated carbocycles. The SMILES string of the molecule is COc1ccc(CC(=O)NCc2nnc(-c3cccc(C)c3)o2)cc1OC. The third-order valence-corrected chi connectivity index (χ3v) is 3.98. The molecule has 0 fully saturated rings. The molecule has 0 aliphatic carbocycles. The van der Waals surface area contributed by atoms with E-state index in [0.29, 0.717) is 23.3 Å². The summed E-state index contributed by atoms with van der Waals surface area (Å²) in [5.74, 6) is 1.84. The van der Waals surface area contributed by atoms with Gasteiger partial charge in [0.25, 0.3) is 0 Å². The maximum absolute atomic E-state index is 12.2. The predicted octanol–water partition coefficient (Wildman–Crippen LogP) is 2.92. The summed E-state index contributed by atoms with van der Waals surface area (Å²) in [4.78, 5) is 12.2. The summed E-state index contributed by atoms with van der Waals surface area (Å²) in [6.07, 6.45) is 0.208. The highest BCUT2D eigenvalue weighted by Gasteiger charge is 2.11. The van der Waals surface area contributed by atoms with Gasteiger partial charge in [0.2, 0.25) is 17.7 Å². The van der Waals surface area contributed by atoms with Crippen LogP contribution in [0, 0.1) is 6.92 Å². The van der Waals surface area contributed by atoms with E-state index in [1.165, 1.54) is 0 Å². The summed E-state index contributed by atoms with van der Waals surface area (Å²) in [5, 5.41) is 10.8. The van der Waals surface area contributed by atoms with Gasteiger partial charge in [-0.2, -0.15) is 0 Å². The Hall–Kier alpha value is -3.35. The zero-order valence-corrected chi connectivity index (χ0v) is 15.5. The van der Waals surface area contributed by atoms with Crippen LogP contribution in [0.25, 0.3) is 11.5 Å². The van der Waals surface area contributed by atoms with Gasteiger partial charge in [-0.1, -0.05) is 23.8 Å². The van der Waals surface area contributed by atoms with E-state index in [9.17, 15) is 4.79 Å². The zero-order valence-electron chi connectivity index (χ0n) is 15.5. The van der Waals surface area contributed by atoms with Crippen molar-refractivity contribution in [1.82, 2.24) is 15.5 Å². The summed E-state index contributed by atoms with van der Waals surface area (Å²) >= 11 is 0. The van der Waals surface area contributed by atoms with E-state index in [1.54, 1.807) is 26.4 Å². The van der Waals surface area contributed by atoms with E-state index in [1.807, 2.05) is 37.3 Å². The van der Waals surface area contributed by atoms with Crippen molar-refractivity contribution in [3.8, 4) is 23.0 Å². The molecule has 0 aliphatic rings. The minimum absolute atomic E-state index is 0.155. The number of hydrogen-bond acceptors (Lipinski definition) is 6. The molecule has 3 rings (SSSR count). The van der Waals surface area contributed by atoms with Gasteiger partial charge in [-0.3, -0.25) is 4.79 Å². The molecule has 0 unspecified atom stereocenters. The van der Waals surface area contributed by atoms with E-state index in [2.05, 4.69) is 15.5 Å². The second-order valence-corrected chi connectivity index (χ2v) is 6.01. The molecule has 1 N–H and O–H groups in total. The van der Waals surface area contributed by atoms with E-state index in [-0.39, 0.29) is 18.9 Å². The molecule has 0 bridgehead atoms. The van der Waals surface area contributed by atoms with Crippen molar-refractivity contribution < 1.29 is 18.7 Å². The zero-order chi connectivity index (χ0) is 19.2. The Morgan fingerprint density at radius 3 is 2.63 bits per heavy atom. The number of aryl methyl sites for hydroxylation is 1. The minimum Gasteiger partial charge on any atom is -0.493 e. The molecule has 1 amide bonds. The number of carbonyl (C=O) groups excluding carboxylic acids is 1. The Balaban J connectivity index is 1.58. The monoisotopic (exact) mass is 367 g/mol. The van der Waals surface area contributed by atoms with Crippen LogP contribution >= 0.6 is 0 Å². The van der Waals surface area contributed by atoms with Crippen LogP contribution in [0.15, 0.2) is 46.9 Å². The molecular formula is C20H21N3O4. The van der Waals surface area contributed by atoms with Gasteiger partial charge in [0.05, 0.1) is 27.2 Å². The molecule has 1 aromatic heterocycles. The number of nitrogens with zero attached hydrogens (tertiary/aromatic N) is 2. The number of carbonyl (C=O) groups is 1. The summed E-state index contributed by atoms with van der Waals surface area (Å²) in [7, 11) is 3.13.